The molecule has 3 fully saturated rings. The molecule has 2 saturated carbocycles. The van der Waals surface area contributed by atoms with Crippen LogP contribution in [0.15, 0.2) is 0 Å². The second kappa shape index (κ2) is 2.98. The predicted molar refractivity (Wildman–Crippen MR) is 58.5 cm³/mol. The van der Waals surface area contributed by atoms with Crippen molar-refractivity contribution in [1.29, 1.82) is 0 Å². The molecule has 0 bridgehead atoms. The third kappa shape index (κ3) is 1.18. The SMILES string of the molecule is C[C@@]12CCC[C@@]3(C)C1[C@H](CC[C@@H]3O)OC2. The lowest BCUT2D eigenvalue weighted by Crippen LogP contribution is -2.54. The van der Waals surface area contributed by atoms with E-state index in [1.807, 2.05) is 0 Å². The Morgan fingerprint density at radius 3 is 2.80 bits per heavy atom. The quantitative estimate of drug-likeness (QED) is 0.665. The van der Waals surface area contributed by atoms with Gasteiger partial charge in [-0.3, -0.25) is 0 Å². The Morgan fingerprint density at radius 1 is 1.20 bits per heavy atom. The Morgan fingerprint density at radius 2 is 2.00 bits per heavy atom. The summed E-state index contributed by atoms with van der Waals surface area (Å²) < 4.78 is 5.98. The third-order valence-corrected chi connectivity index (χ3v) is 5.41. The monoisotopic (exact) mass is 210 g/mol. The molecule has 2 aliphatic carbocycles. The first-order valence-corrected chi connectivity index (χ1v) is 6.36. The molecule has 3 rings (SSSR count). The average Bonchev–Trinajstić information content (AvgIpc) is 2.52. The zero-order valence-corrected chi connectivity index (χ0v) is 9.83. The normalized spacial score (nSPS) is 59.0. The van der Waals surface area contributed by atoms with Crippen LogP contribution in [0.1, 0.15) is 46.0 Å². The zero-order chi connectivity index (χ0) is 10.7. The first kappa shape index (κ1) is 10.1. The molecule has 3 aliphatic rings. The molecule has 0 aromatic carbocycles. The molecule has 1 heterocycles. The van der Waals surface area contributed by atoms with Gasteiger partial charge in [-0.25, -0.2) is 0 Å². The second-order valence-electron chi connectivity index (χ2n) is 6.43. The Labute approximate surface area is 92.0 Å². The van der Waals surface area contributed by atoms with E-state index < -0.39 is 0 Å². The van der Waals surface area contributed by atoms with Crippen molar-refractivity contribution in [2.75, 3.05) is 6.61 Å². The van der Waals surface area contributed by atoms with Crippen molar-refractivity contribution in [3.8, 4) is 0 Å². The summed E-state index contributed by atoms with van der Waals surface area (Å²) in [4.78, 5) is 0. The lowest BCUT2D eigenvalue weighted by Gasteiger charge is -2.54. The van der Waals surface area contributed by atoms with Crippen molar-refractivity contribution in [3.05, 3.63) is 0 Å². The number of hydrogen-bond acceptors (Lipinski definition) is 2. The van der Waals surface area contributed by atoms with Crippen LogP contribution in [0.5, 0.6) is 0 Å². The van der Waals surface area contributed by atoms with Gasteiger partial charge in [0.25, 0.3) is 0 Å². The molecule has 1 N–H and O–H groups in total. The van der Waals surface area contributed by atoms with E-state index in [1.54, 1.807) is 0 Å². The first-order valence-electron chi connectivity index (χ1n) is 6.36. The smallest absolute Gasteiger partial charge is 0.0616 e. The van der Waals surface area contributed by atoms with Crippen molar-refractivity contribution in [2.24, 2.45) is 16.7 Å². The van der Waals surface area contributed by atoms with E-state index in [0.717, 1.165) is 19.4 Å². The van der Waals surface area contributed by atoms with Crippen LogP contribution in [0.3, 0.4) is 0 Å². The van der Waals surface area contributed by atoms with Crippen LogP contribution in [0.2, 0.25) is 0 Å². The van der Waals surface area contributed by atoms with Crippen molar-refractivity contribution < 1.29 is 9.84 Å². The number of ether oxygens (including phenoxy) is 1. The number of aliphatic hydroxyl groups excluding tert-OH is 1. The molecule has 1 saturated heterocycles. The molecule has 2 nitrogen and oxygen atoms in total. The van der Waals surface area contributed by atoms with Crippen LogP contribution in [0, 0.1) is 16.7 Å². The summed E-state index contributed by atoms with van der Waals surface area (Å²) in [5.74, 6) is 0.600. The van der Waals surface area contributed by atoms with E-state index in [1.165, 1.54) is 19.3 Å². The van der Waals surface area contributed by atoms with E-state index >= 15 is 0 Å². The number of aliphatic hydroxyl groups is 1. The topological polar surface area (TPSA) is 29.5 Å². The van der Waals surface area contributed by atoms with Crippen LogP contribution in [0.25, 0.3) is 0 Å². The Kier molecular flexibility index (Phi) is 2.01. The standard InChI is InChI=1S/C13H22O2/c1-12-6-3-7-13(2)10(14)5-4-9(11(12)13)15-8-12/h9-11,14H,3-8H2,1-2H3/t9-,10-,11?,12-,13+/m0/s1. The van der Waals surface area contributed by atoms with Crippen LogP contribution in [-0.4, -0.2) is 23.9 Å². The van der Waals surface area contributed by atoms with Gasteiger partial charge in [-0.2, -0.15) is 0 Å². The zero-order valence-electron chi connectivity index (χ0n) is 9.83. The van der Waals surface area contributed by atoms with Gasteiger partial charge >= 0.3 is 0 Å². The van der Waals surface area contributed by atoms with Crippen molar-refractivity contribution >= 4 is 0 Å². The average molecular weight is 210 g/mol. The minimum Gasteiger partial charge on any atom is -0.393 e. The maximum absolute atomic E-state index is 10.3. The van der Waals surface area contributed by atoms with E-state index in [9.17, 15) is 5.11 Å². The van der Waals surface area contributed by atoms with Gasteiger partial charge < -0.3 is 9.84 Å². The maximum atomic E-state index is 10.3. The van der Waals surface area contributed by atoms with Crippen molar-refractivity contribution in [1.82, 2.24) is 0 Å². The molecule has 0 aromatic rings. The molecule has 1 unspecified atom stereocenters. The Bertz CT molecular complexity index is 276. The van der Waals surface area contributed by atoms with Crippen LogP contribution >= 0.6 is 0 Å². The van der Waals surface area contributed by atoms with Gasteiger partial charge in [0, 0.05) is 5.92 Å². The summed E-state index contributed by atoms with van der Waals surface area (Å²) >= 11 is 0. The number of hydrogen-bond donors (Lipinski definition) is 1. The summed E-state index contributed by atoms with van der Waals surface area (Å²) in [5.41, 5.74) is 0.478. The van der Waals surface area contributed by atoms with Crippen LogP contribution in [0.4, 0.5) is 0 Å². The highest BCUT2D eigenvalue weighted by molar-refractivity contribution is 5.09. The number of rotatable bonds is 0. The van der Waals surface area contributed by atoms with Gasteiger partial charge in [0.1, 0.15) is 0 Å². The molecule has 5 atom stereocenters. The third-order valence-electron chi connectivity index (χ3n) is 5.41. The van der Waals surface area contributed by atoms with Gasteiger partial charge in [-0.1, -0.05) is 20.3 Å². The summed E-state index contributed by atoms with van der Waals surface area (Å²) in [7, 11) is 0. The second-order valence-corrected chi connectivity index (χ2v) is 6.43. The molecular weight excluding hydrogens is 188 g/mol. The minimum atomic E-state index is -0.0972. The molecule has 0 radical (unpaired) electrons. The lowest BCUT2D eigenvalue weighted by molar-refractivity contribution is -0.119. The highest BCUT2D eigenvalue weighted by atomic mass is 16.5. The molecule has 15 heavy (non-hydrogen) atoms. The van der Waals surface area contributed by atoms with E-state index in [-0.39, 0.29) is 11.5 Å². The largest absolute Gasteiger partial charge is 0.393 e. The van der Waals surface area contributed by atoms with E-state index in [4.69, 9.17) is 4.74 Å². The van der Waals surface area contributed by atoms with Crippen LogP contribution in [-0.2, 0) is 4.74 Å². The molecule has 0 spiro atoms. The molecule has 0 aromatic heterocycles. The minimum absolute atomic E-state index is 0.0972. The summed E-state index contributed by atoms with van der Waals surface area (Å²) in [6.45, 7) is 5.58. The molecule has 86 valence electrons. The Hall–Kier alpha value is -0.0800. The van der Waals surface area contributed by atoms with Gasteiger partial charge in [0.2, 0.25) is 0 Å². The highest BCUT2D eigenvalue weighted by Crippen LogP contribution is 2.61. The maximum Gasteiger partial charge on any atom is 0.0616 e. The van der Waals surface area contributed by atoms with Gasteiger partial charge in [0.05, 0.1) is 18.8 Å². The summed E-state index contributed by atoms with van der Waals surface area (Å²) in [5, 5.41) is 10.3. The van der Waals surface area contributed by atoms with E-state index in [0.29, 0.717) is 17.4 Å². The van der Waals surface area contributed by atoms with Gasteiger partial charge in [-0.05, 0) is 36.5 Å². The van der Waals surface area contributed by atoms with Crippen LogP contribution < -0.4 is 0 Å². The fraction of sp³-hybridized carbons (Fsp3) is 1.00. The Balaban J connectivity index is 2.01. The summed E-state index contributed by atoms with van der Waals surface area (Å²) in [6.07, 6.45) is 6.08. The first-order chi connectivity index (χ1) is 7.06. The predicted octanol–water partition coefficient (Wildman–Crippen LogP) is 2.35. The summed E-state index contributed by atoms with van der Waals surface area (Å²) in [6, 6.07) is 0. The van der Waals surface area contributed by atoms with Crippen molar-refractivity contribution in [2.45, 2.75) is 58.2 Å². The molecule has 0 amide bonds. The fourth-order valence-electron chi connectivity index (χ4n) is 4.68. The lowest BCUT2D eigenvalue weighted by atomic mass is 9.51. The molecular formula is C13H22O2. The fourth-order valence-corrected chi connectivity index (χ4v) is 4.68. The van der Waals surface area contributed by atoms with E-state index in [2.05, 4.69) is 13.8 Å². The van der Waals surface area contributed by atoms with Gasteiger partial charge in [0.15, 0.2) is 0 Å². The van der Waals surface area contributed by atoms with Gasteiger partial charge in [-0.15, -0.1) is 0 Å². The molecule has 2 heteroatoms. The highest BCUT2D eigenvalue weighted by Gasteiger charge is 2.60. The molecule has 1 aliphatic heterocycles. The van der Waals surface area contributed by atoms with Crippen molar-refractivity contribution in [3.63, 3.8) is 0 Å².